The summed E-state index contributed by atoms with van der Waals surface area (Å²) in [5, 5.41) is 20.7. The van der Waals surface area contributed by atoms with E-state index in [0.717, 1.165) is 15.7 Å². The Hall–Kier alpha value is -3.69. The Balaban J connectivity index is 1.71. The summed E-state index contributed by atoms with van der Waals surface area (Å²) in [6.45, 7) is 8.69. The van der Waals surface area contributed by atoms with Gasteiger partial charge in [0.2, 0.25) is 23.5 Å². The Morgan fingerprint density at radius 1 is 1.21 bits per heavy atom. The van der Waals surface area contributed by atoms with Crippen molar-refractivity contribution in [2.75, 3.05) is 0 Å². The van der Waals surface area contributed by atoms with Crippen LogP contribution in [0.15, 0.2) is 33.5 Å². The standard InChI is InChI=1S/C23H29N5O5/c1-12(2)18(24-16(29)11-28-22(31)19(13(3)4)25-23(28)32)20(30)21-27-26-17(33-21)10-15-8-6-7-14(5)9-15/h6-9,12-13,18,31H,10-11H2,1-5H3,(H,24,29)(H,25,32)/t18-/m0/s1. The Labute approximate surface area is 191 Å². The smallest absolute Gasteiger partial charge is 0.329 e. The molecule has 2 aromatic heterocycles. The third-order valence-corrected chi connectivity index (χ3v) is 5.24. The van der Waals surface area contributed by atoms with E-state index >= 15 is 0 Å². The number of amides is 1. The molecule has 3 rings (SSSR count). The van der Waals surface area contributed by atoms with Crippen molar-refractivity contribution in [3.05, 3.63) is 63.4 Å². The molecule has 0 saturated heterocycles. The van der Waals surface area contributed by atoms with Gasteiger partial charge in [0.05, 0.1) is 18.2 Å². The molecule has 0 radical (unpaired) electrons. The van der Waals surface area contributed by atoms with Crippen molar-refractivity contribution >= 4 is 11.7 Å². The number of aromatic amines is 1. The van der Waals surface area contributed by atoms with Crippen LogP contribution < -0.4 is 11.0 Å². The molecule has 0 aliphatic rings. The number of rotatable bonds is 9. The minimum Gasteiger partial charge on any atom is -0.493 e. The van der Waals surface area contributed by atoms with Crippen molar-refractivity contribution in [3.8, 4) is 5.88 Å². The molecule has 1 aromatic carbocycles. The van der Waals surface area contributed by atoms with Crippen LogP contribution in [0.2, 0.25) is 0 Å². The molecule has 0 fully saturated rings. The van der Waals surface area contributed by atoms with Crippen LogP contribution in [0.25, 0.3) is 0 Å². The molecule has 0 saturated carbocycles. The number of hydrogen-bond acceptors (Lipinski definition) is 7. The number of aryl methyl sites for hydroxylation is 1. The van der Waals surface area contributed by atoms with Gasteiger partial charge in [-0.1, -0.05) is 57.5 Å². The third-order valence-electron chi connectivity index (χ3n) is 5.24. The van der Waals surface area contributed by atoms with Gasteiger partial charge < -0.3 is 19.8 Å². The minimum absolute atomic E-state index is 0.126. The maximum Gasteiger partial charge on any atom is 0.329 e. The van der Waals surface area contributed by atoms with Gasteiger partial charge in [-0.05, 0) is 24.3 Å². The first-order valence-electron chi connectivity index (χ1n) is 10.8. The topological polar surface area (TPSA) is 143 Å². The maximum atomic E-state index is 13.0. The Morgan fingerprint density at radius 2 is 1.94 bits per heavy atom. The summed E-state index contributed by atoms with van der Waals surface area (Å²) in [5.74, 6) is -1.73. The fraction of sp³-hybridized carbons (Fsp3) is 0.435. The zero-order chi connectivity index (χ0) is 24.3. The number of aromatic nitrogens is 4. The first-order chi connectivity index (χ1) is 15.6. The highest BCUT2D eigenvalue weighted by atomic mass is 16.4. The summed E-state index contributed by atoms with van der Waals surface area (Å²) in [6, 6.07) is 6.89. The number of nitrogens with one attached hydrogen (secondary N) is 2. The predicted molar refractivity (Wildman–Crippen MR) is 120 cm³/mol. The van der Waals surface area contributed by atoms with Crippen LogP contribution in [-0.2, 0) is 17.8 Å². The van der Waals surface area contributed by atoms with Crippen molar-refractivity contribution < 1.29 is 19.1 Å². The molecule has 0 bridgehead atoms. The lowest BCUT2D eigenvalue weighted by molar-refractivity contribution is -0.122. The van der Waals surface area contributed by atoms with E-state index in [-0.39, 0.29) is 23.6 Å². The molecule has 33 heavy (non-hydrogen) atoms. The van der Waals surface area contributed by atoms with Crippen molar-refractivity contribution in [1.29, 1.82) is 0 Å². The summed E-state index contributed by atoms with van der Waals surface area (Å²) in [4.78, 5) is 40.3. The molecule has 0 unspecified atom stereocenters. The van der Waals surface area contributed by atoms with E-state index in [0.29, 0.717) is 18.0 Å². The van der Waals surface area contributed by atoms with Crippen LogP contribution in [-0.4, -0.2) is 42.6 Å². The number of benzene rings is 1. The van der Waals surface area contributed by atoms with E-state index in [9.17, 15) is 19.5 Å². The molecule has 0 aliphatic carbocycles. The van der Waals surface area contributed by atoms with Crippen LogP contribution in [0.1, 0.15) is 67.0 Å². The molecular formula is C23H29N5O5. The average Bonchev–Trinajstić information content (AvgIpc) is 3.31. The lowest BCUT2D eigenvalue weighted by atomic mass is 9.99. The second-order valence-corrected chi connectivity index (χ2v) is 8.73. The van der Waals surface area contributed by atoms with Crippen LogP contribution >= 0.6 is 0 Å². The lowest BCUT2D eigenvalue weighted by Gasteiger charge is -2.19. The summed E-state index contributed by atoms with van der Waals surface area (Å²) < 4.78 is 6.49. The fourth-order valence-electron chi connectivity index (χ4n) is 3.48. The zero-order valence-electron chi connectivity index (χ0n) is 19.4. The SMILES string of the molecule is Cc1cccc(Cc2nnc(C(=O)[C@@H](NC(=O)Cn3c(O)c(C(C)C)[nH]c3=O)C(C)C)o2)c1. The number of hydrogen-bond donors (Lipinski definition) is 3. The third kappa shape index (κ3) is 5.57. The number of carbonyl (C=O) groups is 2. The average molecular weight is 456 g/mol. The van der Waals surface area contributed by atoms with Gasteiger partial charge in [-0.2, -0.15) is 0 Å². The number of nitrogens with zero attached hydrogens (tertiary/aromatic N) is 3. The summed E-state index contributed by atoms with van der Waals surface area (Å²) in [5.41, 5.74) is 1.82. The van der Waals surface area contributed by atoms with Crippen LogP contribution in [0.4, 0.5) is 0 Å². The number of H-pyrrole nitrogens is 1. The number of ketones is 1. The van der Waals surface area contributed by atoms with Gasteiger partial charge in [-0.25, -0.2) is 4.79 Å². The summed E-state index contributed by atoms with van der Waals surface area (Å²) in [6.07, 6.45) is 0.383. The number of carbonyl (C=O) groups excluding carboxylic acids is 2. The van der Waals surface area contributed by atoms with E-state index in [2.05, 4.69) is 20.5 Å². The monoisotopic (exact) mass is 455 g/mol. The highest BCUT2D eigenvalue weighted by Crippen LogP contribution is 2.21. The number of aromatic hydroxyl groups is 1. The second-order valence-electron chi connectivity index (χ2n) is 8.73. The molecule has 10 nitrogen and oxygen atoms in total. The van der Waals surface area contributed by atoms with Gasteiger partial charge in [0, 0.05) is 0 Å². The molecule has 0 aliphatic heterocycles. The number of imidazole rings is 1. The lowest BCUT2D eigenvalue weighted by Crippen LogP contribution is -2.46. The van der Waals surface area contributed by atoms with Gasteiger partial charge in [-0.3, -0.25) is 14.2 Å². The quantitative estimate of drug-likeness (QED) is 0.420. The van der Waals surface area contributed by atoms with Crippen LogP contribution in [0, 0.1) is 12.8 Å². The molecule has 3 N–H and O–H groups in total. The van der Waals surface area contributed by atoms with Gasteiger partial charge in [0.1, 0.15) is 6.54 Å². The Bertz CT molecular complexity index is 1200. The normalized spacial score (nSPS) is 12.3. The molecule has 3 aromatic rings. The number of Topliss-reactive ketones (excluding diaryl/α,β-unsaturated/α-hetero) is 1. The van der Waals surface area contributed by atoms with Crippen LogP contribution in [0.3, 0.4) is 0 Å². The summed E-state index contributed by atoms with van der Waals surface area (Å²) >= 11 is 0. The van der Waals surface area contributed by atoms with Crippen molar-refractivity contribution in [3.63, 3.8) is 0 Å². The van der Waals surface area contributed by atoms with Gasteiger partial charge >= 0.3 is 5.69 Å². The Kier molecular flexibility index (Phi) is 7.15. The molecule has 10 heteroatoms. The largest absolute Gasteiger partial charge is 0.493 e. The van der Waals surface area contributed by atoms with Gasteiger partial charge in [0.25, 0.3) is 5.89 Å². The molecule has 176 valence electrons. The highest BCUT2D eigenvalue weighted by molar-refractivity contribution is 5.98. The van der Waals surface area contributed by atoms with Crippen LogP contribution in [0.5, 0.6) is 5.88 Å². The van der Waals surface area contributed by atoms with Gasteiger partial charge in [-0.15, -0.1) is 10.2 Å². The predicted octanol–water partition coefficient (Wildman–Crippen LogP) is 2.31. The molecule has 1 amide bonds. The van der Waals surface area contributed by atoms with Gasteiger partial charge in [0.15, 0.2) is 0 Å². The molecule has 0 spiro atoms. The molecule has 2 heterocycles. The van der Waals surface area contributed by atoms with E-state index in [1.807, 2.05) is 31.2 Å². The van der Waals surface area contributed by atoms with E-state index in [4.69, 9.17) is 4.42 Å². The maximum absolute atomic E-state index is 13.0. The minimum atomic E-state index is -0.939. The van der Waals surface area contributed by atoms with E-state index in [1.54, 1.807) is 27.7 Å². The molecule has 1 atom stereocenters. The first kappa shape index (κ1) is 24.0. The summed E-state index contributed by atoms with van der Waals surface area (Å²) in [7, 11) is 0. The fourth-order valence-corrected chi connectivity index (χ4v) is 3.48. The first-order valence-corrected chi connectivity index (χ1v) is 10.8. The van der Waals surface area contributed by atoms with E-state index < -0.39 is 30.0 Å². The van der Waals surface area contributed by atoms with Crippen molar-refractivity contribution in [2.24, 2.45) is 5.92 Å². The second kappa shape index (κ2) is 9.85. The highest BCUT2D eigenvalue weighted by Gasteiger charge is 2.30. The molecular weight excluding hydrogens is 426 g/mol. The zero-order valence-corrected chi connectivity index (χ0v) is 19.4. The Morgan fingerprint density at radius 3 is 2.55 bits per heavy atom. The van der Waals surface area contributed by atoms with Crippen molar-refractivity contribution in [2.45, 2.75) is 59.5 Å². The van der Waals surface area contributed by atoms with E-state index in [1.165, 1.54) is 0 Å². The van der Waals surface area contributed by atoms with Crippen molar-refractivity contribution in [1.82, 2.24) is 25.1 Å².